The zero-order valence-corrected chi connectivity index (χ0v) is 29.6. The van der Waals surface area contributed by atoms with Gasteiger partial charge in [-0.3, -0.25) is 4.79 Å². The predicted octanol–water partition coefficient (Wildman–Crippen LogP) is 9.87. The molecule has 0 aromatic heterocycles. The van der Waals surface area contributed by atoms with Crippen LogP contribution in [-0.2, 0) is 23.7 Å². The topological polar surface area (TPSA) is 57.2 Å². The van der Waals surface area contributed by atoms with Gasteiger partial charge in [-0.2, -0.15) is 0 Å². The molecule has 0 amide bonds. The Labute approximate surface area is 273 Å². The molecule has 0 saturated heterocycles. The summed E-state index contributed by atoms with van der Waals surface area (Å²) < 4.78 is 22.6. The third kappa shape index (κ3) is 18.5. The normalized spacial score (nSPS) is 21.4. The maximum atomic E-state index is 12.5. The number of carbonyl (C=O) groups excluding carboxylic acids is 1. The smallest absolute Gasteiger partial charge is 0.305 e. The average molecular weight is 624 g/mol. The summed E-state index contributed by atoms with van der Waals surface area (Å²) >= 11 is 0. The summed E-state index contributed by atoms with van der Waals surface area (Å²) in [6, 6.07) is 0. The summed E-state index contributed by atoms with van der Waals surface area (Å²) in [6.07, 6.45) is 30.5. The highest BCUT2D eigenvalue weighted by Gasteiger charge is 2.47. The summed E-state index contributed by atoms with van der Waals surface area (Å²) in [7, 11) is 2.16. The van der Waals surface area contributed by atoms with Crippen molar-refractivity contribution in [2.45, 2.75) is 168 Å². The van der Waals surface area contributed by atoms with Crippen molar-refractivity contribution in [2.75, 3.05) is 60.0 Å². The Bertz CT molecular complexity index is 662. The van der Waals surface area contributed by atoms with Crippen LogP contribution in [0.2, 0.25) is 0 Å². The highest BCUT2D eigenvalue weighted by molar-refractivity contribution is 5.69. The minimum atomic E-state index is 0.000285. The summed E-state index contributed by atoms with van der Waals surface area (Å²) in [6.45, 7) is 10.2. The van der Waals surface area contributed by atoms with E-state index >= 15 is 0 Å². The van der Waals surface area contributed by atoms with Crippen molar-refractivity contribution in [1.29, 1.82) is 0 Å². The zero-order valence-electron chi connectivity index (χ0n) is 29.6. The number of hydrogen-bond acceptors (Lipinski definition) is 6. The van der Waals surface area contributed by atoms with E-state index in [-0.39, 0.29) is 5.97 Å². The lowest BCUT2D eigenvalue weighted by Crippen LogP contribution is -2.42. The van der Waals surface area contributed by atoms with E-state index in [0.717, 1.165) is 45.6 Å². The summed E-state index contributed by atoms with van der Waals surface area (Å²) in [5.74, 6) is 0.000285. The van der Waals surface area contributed by atoms with Gasteiger partial charge in [0.15, 0.2) is 0 Å². The lowest BCUT2D eigenvalue weighted by molar-refractivity contribution is -0.145. The van der Waals surface area contributed by atoms with Crippen LogP contribution in [0.25, 0.3) is 0 Å². The van der Waals surface area contributed by atoms with Crippen molar-refractivity contribution >= 4 is 5.97 Å². The highest BCUT2D eigenvalue weighted by Crippen LogP contribution is 2.60. The van der Waals surface area contributed by atoms with Gasteiger partial charge in [0.2, 0.25) is 0 Å². The van der Waals surface area contributed by atoms with Crippen molar-refractivity contribution in [3.05, 3.63) is 0 Å². The van der Waals surface area contributed by atoms with Gasteiger partial charge in [-0.1, -0.05) is 97.3 Å². The number of ether oxygens (including phenoxy) is 4. The predicted molar refractivity (Wildman–Crippen MR) is 183 cm³/mol. The molecule has 3 aliphatic carbocycles. The average Bonchev–Trinajstić information content (AvgIpc) is 3.04. The van der Waals surface area contributed by atoms with Crippen LogP contribution in [0.3, 0.4) is 0 Å². The second kappa shape index (κ2) is 25.4. The number of hydrogen-bond donors (Lipinski definition) is 0. The van der Waals surface area contributed by atoms with Gasteiger partial charge in [-0.05, 0) is 88.6 Å². The van der Waals surface area contributed by atoms with E-state index in [4.69, 9.17) is 18.9 Å². The van der Waals surface area contributed by atoms with Crippen LogP contribution < -0.4 is 0 Å². The molecule has 3 aliphatic rings. The molecule has 0 heterocycles. The Balaban J connectivity index is 1.39. The van der Waals surface area contributed by atoms with Crippen LogP contribution in [0.15, 0.2) is 0 Å². The number of rotatable bonds is 31. The number of likely N-dealkylation sites (N-methyl/N-ethyl adjacent to an activating group) is 1. The van der Waals surface area contributed by atoms with Crippen molar-refractivity contribution in [1.82, 2.24) is 4.90 Å². The van der Waals surface area contributed by atoms with Crippen LogP contribution in [0.5, 0.6) is 0 Å². The van der Waals surface area contributed by atoms with Crippen molar-refractivity contribution in [3.8, 4) is 0 Å². The number of esters is 1. The van der Waals surface area contributed by atoms with E-state index in [1.807, 2.05) is 0 Å². The lowest BCUT2D eigenvalue weighted by Gasteiger charge is -2.54. The fourth-order valence-corrected chi connectivity index (χ4v) is 7.32. The van der Waals surface area contributed by atoms with Crippen molar-refractivity contribution in [2.24, 2.45) is 10.8 Å². The number of fused-ring (bicyclic) bond motifs is 3. The van der Waals surface area contributed by atoms with Gasteiger partial charge < -0.3 is 23.8 Å². The van der Waals surface area contributed by atoms with E-state index in [1.54, 1.807) is 0 Å². The van der Waals surface area contributed by atoms with Crippen molar-refractivity contribution in [3.63, 3.8) is 0 Å². The Morgan fingerprint density at radius 3 is 1.66 bits per heavy atom. The Hall–Kier alpha value is -0.690. The molecule has 0 aliphatic heterocycles. The molecule has 3 saturated carbocycles. The SMILES string of the molecule is CCCCCCCCCCCCCCN(C)CCOC(=O)CCC12CCC(CCOCOCCOCCCCC)(CC1)CC2. The fourth-order valence-electron chi connectivity index (χ4n) is 7.32. The van der Waals surface area contributed by atoms with Gasteiger partial charge in [0.1, 0.15) is 13.4 Å². The van der Waals surface area contributed by atoms with E-state index < -0.39 is 0 Å². The molecule has 0 radical (unpaired) electrons. The second-order valence-corrected chi connectivity index (χ2v) is 14.4. The quantitative estimate of drug-likeness (QED) is 0.0435. The van der Waals surface area contributed by atoms with E-state index in [2.05, 4.69) is 25.8 Å². The van der Waals surface area contributed by atoms with Gasteiger partial charge in [-0.15, -0.1) is 0 Å². The van der Waals surface area contributed by atoms with Gasteiger partial charge in [0.05, 0.1) is 13.2 Å². The van der Waals surface area contributed by atoms with Crippen LogP contribution in [0.4, 0.5) is 0 Å². The molecule has 6 heteroatoms. The molecular formula is C38H73NO5. The zero-order chi connectivity index (χ0) is 31.6. The summed E-state index contributed by atoms with van der Waals surface area (Å²) in [5, 5.41) is 0. The standard InChI is InChI=1S/C38H73NO5/c1-4-6-8-9-10-11-12-13-14-15-16-17-28-39(3)29-32-44-36(40)19-20-37-21-24-38(25-22-37,26-23-37)27-31-42-35-43-34-33-41-30-18-7-5-2/h4-35H2,1-3H3. The maximum Gasteiger partial charge on any atom is 0.305 e. The van der Waals surface area contributed by atoms with E-state index in [9.17, 15) is 4.79 Å². The fraction of sp³-hybridized carbons (Fsp3) is 0.974. The molecule has 0 aromatic rings. The molecule has 0 spiro atoms. The third-order valence-corrected chi connectivity index (χ3v) is 10.8. The third-order valence-electron chi connectivity index (χ3n) is 10.8. The highest BCUT2D eigenvalue weighted by atomic mass is 16.7. The molecule has 6 nitrogen and oxygen atoms in total. The minimum Gasteiger partial charge on any atom is -0.464 e. The van der Waals surface area contributed by atoms with Crippen molar-refractivity contribution < 1.29 is 23.7 Å². The summed E-state index contributed by atoms with van der Waals surface area (Å²) in [5.41, 5.74) is 0.816. The van der Waals surface area contributed by atoms with Crippen LogP contribution >= 0.6 is 0 Å². The second-order valence-electron chi connectivity index (χ2n) is 14.4. The largest absolute Gasteiger partial charge is 0.464 e. The molecule has 0 N–H and O–H groups in total. The van der Waals surface area contributed by atoms with Gasteiger partial charge in [0.25, 0.3) is 0 Å². The molecule has 0 aromatic carbocycles. The Morgan fingerprint density at radius 2 is 1.05 bits per heavy atom. The van der Waals surface area contributed by atoms with Crippen LogP contribution in [0, 0.1) is 10.8 Å². The van der Waals surface area contributed by atoms with Gasteiger partial charge in [-0.25, -0.2) is 0 Å². The number of carbonyl (C=O) groups is 1. The number of nitrogens with zero attached hydrogens (tertiary/aromatic N) is 1. The first-order valence-electron chi connectivity index (χ1n) is 19.1. The maximum absolute atomic E-state index is 12.5. The molecule has 3 fully saturated rings. The Kier molecular flexibility index (Phi) is 22.8. The summed E-state index contributed by atoms with van der Waals surface area (Å²) in [4.78, 5) is 14.8. The van der Waals surface area contributed by atoms with E-state index in [0.29, 0.717) is 43.9 Å². The van der Waals surface area contributed by atoms with Crippen LogP contribution in [-0.4, -0.2) is 70.8 Å². The molecule has 0 atom stereocenters. The first-order chi connectivity index (χ1) is 21.5. The van der Waals surface area contributed by atoms with Crippen LogP contribution in [0.1, 0.15) is 168 Å². The van der Waals surface area contributed by atoms with Gasteiger partial charge >= 0.3 is 5.97 Å². The number of unbranched alkanes of at least 4 members (excludes halogenated alkanes) is 13. The molecule has 44 heavy (non-hydrogen) atoms. The Morgan fingerprint density at radius 1 is 0.545 bits per heavy atom. The monoisotopic (exact) mass is 624 g/mol. The molecule has 2 bridgehead atoms. The van der Waals surface area contributed by atoms with Gasteiger partial charge in [0, 0.05) is 26.2 Å². The first-order valence-corrected chi connectivity index (χ1v) is 19.1. The lowest BCUT2D eigenvalue weighted by atomic mass is 9.52. The molecule has 0 unspecified atom stereocenters. The molecule has 260 valence electrons. The minimum absolute atomic E-state index is 0.000285. The first kappa shape index (κ1) is 39.5. The molecule has 3 rings (SSSR count). The molecular weight excluding hydrogens is 550 g/mol. The van der Waals surface area contributed by atoms with E-state index in [1.165, 1.54) is 128 Å².